The van der Waals surface area contributed by atoms with E-state index in [0.717, 1.165) is 11.3 Å². The molecule has 0 fully saturated rings. The molecule has 0 saturated heterocycles. The molecule has 0 aliphatic heterocycles. The zero-order valence-corrected chi connectivity index (χ0v) is 15.1. The van der Waals surface area contributed by atoms with E-state index in [-0.39, 0.29) is 19.0 Å². The highest BCUT2D eigenvalue weighted by Gasteiger charge is 2.37. The van der Waals surface area contributed by atoms with Crippen LogP contribution in [0.25, 0.3) is 0 Å². The molecule has 0 saturated carbocycles. The third kappa shape index (κ3) is 4.67. The lowest BCUT2D eigenvalue weighted by molar-refractivity contribution is 0.214. The van der Waals surface area contributed by atoms with Crippen LogP contribution in [0.2, 0.25) is 0 Å². The molecular weight excluding hydrogens is 328 g/mol. The summed E-state index contributed by atoms with van der Waals surface area (Å²) in [5.41, 5.74) is 2.51. The number of halogens is 1. The monoisotopic (exact) mass is 351 g/mol. The van der Waals surface area contributed by atoms with E-state index in [1.807, 2.05) is 31.2 Å². The maximum atomic E-state index is 13.3. The molecule has 0 bridgehead atoms. The molecule has 24 heavy (non-hydrogen) atoms. The van der Waals surface area contributed by atoms with E-state index in [1.54, 1.807) is 26.0 Å². The first-order chi connectivity index (χ1) is 11.5. The maximum absolute atomic E-state index is 13.3. The molecule has 2 aromatic rings. The van der Waals surface area contributed by atoms with Gasteiger partial charge in [0.1, 0.15) is 5.82 Å². The molecule has 0 radical (unpaired) electrons. The molecule has 6 heteroatoms. The van der Waals surface area contributed by atoms with Crippen LogP contribution in [-0.4, -0.2) is 13.2 Å². The molecule has 2 aromatic carbocycles. The van der Waals surface area contributed by atoms with Crippen molar-refractivity contribution in [2.75, 3.05) is 18.5 Å². The Balaban J connectivity index is 2.43. The van der Waals surface area contributed by atoms with Gasteiger partial charge < -0.3 is 14.4 Å². The van der Waals surface area contributed by atoms with Gasteiger partial charge in [0.05, 0.1) is 13.2 Å². The first-order valence-corrected chi connectivity index (χ1v) is 9.57. The fourth-order valence-corrected chi connectivity index (χ4v) is 4.37. The summed E-state index contributed by atoms with van der Waals surface area (Å²) in [4.78, 5) is 0. The van der Waals surface area contributed by atoms with Gasteiger partial charge in [0.2, 0.25) is 0 Å². The van der Waals surface area contributed by atoms with E-state index < -0.39 is 13.4 Å². The quantitative estimate of drug-likeness (QED) is 0.637. The number of hydrogen-bond acceptors (Lipinski definition) is 4. The fourth-order valence-electron chi connectivity index (χ4n) is 2.43. The third-order valence-corrected chi connectivity index (χ3v) is 5.74. The van der Waals surface area contributed by atoms with E-state index in [0.29, 0.717) is 5.56 Å². The van der Waals surface area contributed by atoms with Crippen molar-refractivity contribution in [2.24, 2.45) is 0 Å². The molecule has 0 unspecified atom stereocenters. The molecular formula is C18H23FNO3P. The topological polar surface area (TPSA) is 47.6 Å². The summed E-state index contributed by atoms with van der Waals surface area (Å²) in [6.45, 7) is 6.01. The minimum atomic E-state index is -3.48. The van der Waals surface area contributed by atoms with Gasteiger partial charge in [-0.3, -0.25) is 4.57 Å². The summed E-state index contributed by atoms with van der Waals surface area (Å²) in [6.07, 6.45) is 0. The third-order valence-electron chi connectivity index (χ3n) is 3.44. The van der Waals surface area contributed by atoms with Crippen LogP contribution in [0.5, 0.6) is 0 Å². The number of nitrogens with one attached hydrogen (secondary N) is 1. The highest BCUT2D eigenvalue weighted by Crippen LogP contribution is 2.60. The van der Waals surface area contributed by atoms with Crippen molar-refractivity contribution in [2.45, 2.75) is 26.6 Å². The van der Waals surface area contributed by atoms with Crippen molar-refractivity contribution in [1.82, 2.24) is 0 Å². The number of benzene rings is 2. The summed E-state index contributed by atoms with van der Waals surface area (Å²) in [5, 5.41) is 3.23. The van der Waals surface area contributed by atoms with E-state index >= 15 is 0 Å². The molecule has 0 aliphatic rings. The van der Waals surface area contributed by atoms with Crippen molar-refractivity contribution >= 4 is 13.3 Å². The Morgan fingerprint density at radius 1 is 1.08 bits per heavy atom. The molecule has 0 aromatic heterocycles. The van der Waals surface area contributed by atoms with E-state index in [9.17, 15) is 8.96 Å². The van der Waals surface area contributed by atoms with E-state index in [4.69, 9.17) is 9.05 Å². The lowest BCUT2D eigenvalue weighted by Crippen LogP contribution is -2.15. The highest BCUT2D eigenvalue weighted by atomic mass is 31.2. The van der Waals surface area contributed by atoms with Crippen molar-refractivity contribution in [3.05, 3.63) is 65.5 Å². The fraction of sp³-hybridized carbons (Fsp3) is 0.333. The minimum absolute atomic E-state index is 0.254. The average Bonchev–Trinajstić information content (AvgIpc) is 2.54. The molecule has 0 spiro atoms. The largest absolute Gasteiger partial charge is 0.368 e. The van der Waals surface area contributed by atoms with Gasteiger partial charge in [-0.05, 0) is 56.2 Å². The van der Waals surface area contributed by atoms with Gasteiger partial charge >= 0.3 is 7.60 Å². The first-order valence-electron chi connectivity index (χ1n) is 7.96. The SMILES string of the molecule is CCOP(=O)(OCC)[C@@H](Nc1cccc(C)c1)c1ccc(F)cc1. The van der Waals surface area contributed by atoms with Crippen LogP contribution in [0.15, 0.2) is 48.5 Å². The van der Waals surface area contributed by atoms with E-state index in [2.05, 4.69) is 5.32 Å². The summed E-state index contributed by atoms with van der Waals surface area (Å²) in [7, 11) is -3.48. The Bertz CT molecular complexity index is 696. The lowest BCUT2D eigenvalue weighted by Gasteiger charge is -2.28. The van der Waals surface area contributed by atoms with Crippen LogP contribution in [-0.2, 0) is 13.6 Å². The van der Waals surface area contributed by atoms with Gasteiger partial charge in [-0.1, -0.05) is 24.3 Å². The lowest BCUT2D eigenvalue weighted by atomic mass is 10.2. The van der Waals surface area contributed by atoms with Crippen LogP contribution in [0.4, 0.5) is 10.1 Å². The van der Waals surface area contributed by atoms with Crippen molar-refractivity contribution in [1.29, 1.82) is 0 Å². The van der Waals surface area contributed by atoms with E-state index in [1.165, 1.54) is 12.1 Å². The molecule has 0 amide bonds. The Kier molecular flexibility index (Phi) is 6.55. The van der Waals surface area contributed by atoms with Crippen LogP contribution in [0.1, 0.15) is 30.8 Å². The molecule has 1 N–H and O–H groups in total. The second kappa shape index (κ2) is 8.43. The zero-order chi connectivity index (χ0) is 17.6. The zero-order valence-electron chi connectivity index (χ0n) is 14.2. The van der Waals surface area contributed by atoms with Gasteiger partial charge in [0.15, 0.2) is 5.78 Å². The Morgan fingerprint density at radius 3 is 2.25 bits per heavy atom. The predicted molar refractivity (Wildman–Crippen MR) is 94.8 cm³/mol. The Hall–Kier alpha value is -1.68. The smallest absolute Gasteiger partial charge is 0.357 e. The summed E-state index contributed by atoms with van der Waals surface area (Å²) in [6, 6.07) is 13.6. The van der Waals surface area contributed by atoms with Gasteiger partial charge in [-0.25, -0.2) is 4.39 Å². The van der Waals surface area contributed by atoms with Crippen molar-refractivity contribution < 1.29 is 18.0 Å². The normalized spacial score (nSPS) is 12.8. The van der Waals surface area contributed by atoms with Crippen LogP contribution >= 0.6 is 7.60 Å². The second-order valence-electron chi connectivity index (χ2n) is 5.34. The molecule has 4 nitrogen and oxygen atoms in total. The second-order valence-corrected chi connectivity index (χ2v) is 7.46. The predicted octanol–water partition coefficient (Wildman–Crippen LogP) is 5.51. The molecule has 2 rings (SSSR count). The van der Waals surface area contributed by atoms with Crippen molar-refractivity contribution in [3.63, 3.8) is 0 Å². The van der Waals surface area contributed by atoms with Gasteiger partial charge in [0.25, 0.3) is 0 Å². The van der Waals surface area contributed by atoms with Gasteiger partial charge in [-0.2, -0.15) is 0 Å². The van der Waals surface area contributed by atoms with Gasteiger partial charge in [-0.15, -0.1) is 0 Å². The number of rotatable bonds is 8. The maximum Gasteiger partial charge on any atom is 0.357 e. The standard InChI is InChI=1S/C18H23FNO3P/c1-4-22-24(21,23-5-2)18(15-9-11-16(19)12-10-15)20-17-8-6-7-14(3)13-17/h6-13,18,20H,4-5H2,1-3H3/t18-/m1/s1. The summed E-state index contributed by atoms with van der Waals surface area (Å²) >= 11 is 0. The molecule has 0 heterocycles. The van der Waals surface area contributed by atoms with Crippen LogP contribution in [0.3, 0.4) is 0 Å². The Labute approximate surface area is 142 Å². The minimum Gasteiger partial charge on any atom is -0.368 e. The number of aryl methyl sites for hydroxylation is 1. The first kappa shape index (κ1) is 18.7. The number of hydrogen-bond donors (Lipinski definition) is 1. The highest BCUT2D eigenvalue weighted by molar-refractivity contribution is 7.54. The molecule has 0 aliphatic carbocycles. The summed E-state index contributed by atoms with van der Waals surface area (Å²) < 4.78 is 37.6. The average molecular weight is 351 g/mol. The summed E-state index contributed by atoms with van der Waals surface area (Å²) in [5.74, 6) is -1.07. The van der Waals surface area contributed by atoms with Gasteiger partial charge in [0, 0.05) is 5.69 Å². The Morgan fingerprint density at radius 2 is 1.71 bits per heavy atom. The molecule has 1 atom stereocenters. The molecule has 130 valence electrons. The van der Waals surface area contributed by atoms with Crippen molar-refractivity contribution in [3.8, 4) is 0 Å². The number of anilines is 1. The van der Waals surface area contributed by atoms with Crippen LogP contribution in [0, 0.1) is 12.7 Å². The van der Waals surface area contributed by atoms with Crippen LogP contribution < -0.4 is 5.32 Å².